The van der Waals surface area contributed by atoms with Gasteiger partial charge < -0.3 is 14.6 Å². The van der Waals surface area contributed by atoms with Crippen LogP contribution in [0.15, 0.2) is 0 Å². The maximum Gasteiger partial charge on any atom is 0.314 e. The number of aromatic nitrogens is 3. The third-order valence-electron chi connectivity index (χ3n) is 4.84. The Labute approximate surface area is 125 Å². The van der Waals surface area contributed by atoms with E-state index in [0.717, 1.165) is 38.3 Å². The molecule has 2 unspecified atom stereocenters. The van der Waals surface area contributed by atoms with Crippen molar-refractivity contribution in [2.75, 3.05) is 13.1 Å². The number of rotatable bonds is 3. The first-order chi connectivity index (χ1) is 10.1. The molecule has 3 heterocycles. The number of likely N-dealkylation sites (tertiary alicyclic amines) is 1. The van der Waals surface area contributed by atoms with Crippen LogP contribution in [0.2, 0.25) is 0 Å². The monoisotopic (exact) mass is 292 g/mol. The van der Waals surface area contributed by atoms with E-state index >= 15 is 0 Å². The molecule has 3 rings (SSSR count). The van der Waals surface area contributed by atoms with Crippen LogP contribution in [0.4, 0.5) is 0 Å². The fraction of sp³-hybridized carbons (Fsp3) is 0.800. The van der Waals surface area contributed by atoms with E-state index in [4.69, 9.17) is 0 Å². The van der Waals surface area contributed by atoms with Crippen molar-refractivity contribution in [2.24, 2.45) is 0 Å². The van der Waals surface area contributed by atoms with Crippen LogP contribution in [0, 0.1) is 0 Å². The Balaban J connectivity index is 1.85. The highest BCUT2D eigenvalue weighted by molar-refractivity contribution is 5.75. The summed E-state index contributed by atoms with van der Waals surface area (Å²) < 4.78 is 2.08. The van der Waals surface area contributed by atoms with Crippen LogP contribution in [-0.4, -0.2) is 49.9 Å². The second kappa shape index (κ2) is 5.75. The lowest BCUT2D eigenvalue weighted by atomic mass is 9.94. The van der Waals surface area contributed by atoms with Crippen LogP contribution in [-0.2, 0) is 11.3 Å². The minimum atomic E-state index is -0.776. The molecule has 6 heteroatoms. The molecule has 116 valence electrons. The molecule has 0 aliphatic carbocycles. The Kier molecular flexibility index (Phi) is 3.97. The molecule has 0 saturated carbocycles. The summed E-state index contributed by atoms with van der Waals surface area (Å²) in [4.78, 5) is 13.8. The maximum atomic E-state index is 11.4. The Morgan fingerprint density at radius 3 is 2.62 bits per heavy atom. The molecule has 1 aromatic heterocycles. The molecular weight excluding hydrogens is 268 g/mol. The summed E-state index contributed by atoms with van der Waals surface area (Å²) in [5, 5.41) is 17.9. The smallest absolute Gasteiger partial charge is 0.314 e. The topological polar surface area (TPSA) is 71.2 Å². The highest BCUT2D eigenvalue weighted by Crippen LogP contribution is 2.32. The summed E-state index contributed by atoms with van der Waals surface area (Å²) in [5.74, 6) is 0.786. The molecule has 0 radical (unpaired) electrons. The third kappa shape index (κ3) is 2.69. The summed E-state index contributed by atoms with van der Waals surface area (Å²) in [6.45, 7) is 7.46. The van der Waals surface area contributed by atoms with Crippen molar-refractivity contribution in [2.45, 2.75) is 64.0 Å². The molecule has 2 aliphatic heterocycles. The Hall–Kier alpha value is -1.43. The molecule has 0 amide bonds. The van der Waals surface area contributed by atoms with Gasteiger partial charge in [0.15, 0.2) is 0 Å². The molecule has 6 nitrogen and oxygen atoms in total. The van der Waals surface area contributed by atoms with Gasteiger partial charge in [-0.1, -0.05) is 0 Å². The summed E-state index contributed by atoms with van der Waals surface area (Å²) in [6, 6.07) is 0.545. The van der Waals surface area contributed by atoms with Gasteiger partial charge in [-0.3, -0.25) is 4.79 Å². The number of hydrogen-bond acceptors (Lipinski definition) is 4. The van der Waals surface area contributed by atoms with Gasteiger partial charge in [-0.25, -0.2) is 0 Å². The molecule has 21 heavy (non-hydrogen) atoms. The number of carboxylic acids is 1. The summed E-state index contributed by atoms with van der Waals surface area (Å²) >= 11 is 0. The number of carboxylic acid groups (broad SMARTS) is 1. The molecule has 1 saturated heterocycles. The molecule has 2 atom stereocenters. The minimum Gasteiger partial charge on any atom is -0.481 e. The van der Waals surface area contributed by atoms with Crippen molar-refractivity contribution in [1.82, 2.24) is 19.7 Å². The van der Waals surface area contributed by atoms with Crippen molar-refractivity contribution in [3.8, 4) is 0 Å². The van der Waals surface area contributed by atoms with Gasteiger partial charge in [-0.15, -0.1) is 10.2 Å². The largest absolute Gasteiger partial charge is 0.481 e. The van der Waals surface area contributed by atoms with Crippen molar-refractivity contribution >= 4 is 5.97 Å². The zero-order chi connectivity index (χ0) is 15.0. The van der Waals surface area contributed by atoms with Crippen molar-refractivity contribution in [1.29, 1.82) is 0 Å². The van der Waals surface area contributed by atoms with E-state index in [1.165, 1.54) is 6.42 Å². The van der Waals surface area contributed by atoms with E-state index in [1.54, 1.807) is 0 Å². The average molecular weight is 292 g/mol. The predicted octanol–water partition coefficient (Wildman–Crippen LogP) is 1.83. The van der Waals surface area contributed by atoms with Gasteiger partial charge in [0.25, 0.3) is 0 Å². The first-order valence-electron chi connectivity index (χ1n) is 7.97. The fourth-order valence-corrected chi connectivity index (χ4v) is 3.62. The number of fused-ring (bicyclic) bond motifs is 1. The van der Waals surface area contributed by atoms with Gasteiger partial charge in [0.05, 0.1) is 0 Å². The van der Waals surface area contributed by atoms with Gasteiger partial charge >= 0.3 is 5.97 Å². The first-order valence-corrected chi connectivity index (χ1v) is 7.97. The molecule has 0 aromatic carbocycles. The standard InChI is InChI=1S/C15H24N4O2/c1-10(2)18-7-3-5-11(9-18)13-16-17-14-12(15(20)21)6-4-8-19(13)14/h10-12H,3-9H2,1-2H3,(H,20,21). The van der Waals surface area contributed by atoms with Gasteiger partial charge in [0.1, 0.15) is 17.6 Å². The van der Waals surface area contributed by atoms with E-state index in [2.05, 4.69) is 33.5 Å². The number of hydrogen-bond donors (Lipinski definition) is 1. The molecule has 0 spiro atoms. The van der Waals surface area contributed by atoms with Gasteiger partial charge in [-0.2, -0.15) is 0 Å². The highest BCUT2D eigenvalue weighted by Gasteiger charge is 2.34. The normalized spacial score (nSPS) is 26.8. The van der Waals surface area contributed by atoms with Crippen molar-refractivity contribution in [3.63, 3.8) is 0 Å². The zero-order valence-electron chi connectivity index (χ0n) is 12.8. The molecule has 1 N–H and O–H groups in total. The second-order valence-electron chi connectivity index (χ2n) is 6.53. The van der Waals surface area contributed by atoms with E-state index in [0.29, 0.717) is 24.2 Å². The molecule has 1 fully saturated rings. The predicted molar refractivity (Wildman–Crippen MR) is 78.3 cm³/mol. The van der Waals surface area contributed by atoms with Crippen LogP contribution < -0.4 is 0 Å². The van der Waals surface area contributed by atoms with Crippen LogP contribution in [0.25, 0.3) is 0 Å². The third-order valence-corrected chi connectivity index (χ3v) is 4.84. The van der Waals surface area contributed by atoms with Gasteiger partial charge in [0.2, 0.25) is 0 Å². The first kappa shape index (κ1) is 14.5. The minimum absolute atomic E-state index is 0.384. The summed E-state index contributed by atoms with van der Waals surface area (Å²) in [6.07, 6.45) is 3.87. The Morgan fingerprint density at radius 1 is 1.19 bits per heavy atom. The number of carbonyl (C=O) groups is 1. The van der Waals surface area contributed by atoms with Crippen LogP contribution in [0.3, 0.4) is 0 Å². The van der Waals surface area contributed by atoms with Crippen molar-refractivity contribution < 1.29 is 9.90 Å². The fourth-order valence-electron chi connectivity index (χ4n) is 3.62. The lowest BCUT2D eigenvalue weighted by molar-refractivity contribution is -0.139. The highest BCUT2D eigenvalue weighted by atomic mass is 16.4. The zero-order valence-corrected chi connectivity index (χ0v) is 12.8. The van der Waals surface area contributed by atoms with E-state index in [1.807, 2.05) is 0 Å². The molecular formula is C15H24N4O2. The molecule has 2 aliphatic rings. The number of piperidine rings is 1. The van der Waals surface area contributed by atoms with Gasteiger partial charge in [0, 0.05) is 25.0 Å². The lowest BCUT2D eigenvalue weighted by Crippen LogP contribution is -2.40. The van der Waals surface area contributed by atoms with Gasteiger partial charge in [-0.05, 0) is 46.1 Å². The van der Waals surface area contributed by atoms with Crippen LogP contribution in [0.1, 0.15) is 63.0 Å². The van der Waals surface area contributed by atoms with Crippen LogP contribution in [0.5, 0.6) is 0 Å². The van der Waals surface area contributed by atoms with Crippen molar-refractivity contribution in [3.05, 3.63) is 11.6 Å². The molecule has 0 bridgehead atoms. The summed E-state index contributed by atoms with van der Waals surface area (Å²) in [5.41, 5.74) is 0. The SMILES string of the molecule is CC(C)N1CCCC(c2nnc3n2CCCC3C(=O)O)C1. The van der Waals surface area contributed by atoms with Crippen LogP contribution >= 0.6 is 0 Å². The second-order valence-corrected chi connectivity index (χ2v) is 6.53. The Bertz CT molecular complexity index is 526. The number of nitrogens with zero attached hydrogens (tertiary/aromatic N) is 4. The lowest BCUT2D eigenvalue weighted by Gasteiger charge is -2.35. The maximum absolute atomic E-state index is 11.4. The molecule has 1 aromatic rings. The number of aliphatic carboxylic acids is 1. The average Bonchev–Trinajstić information content (AvgIpc) is 2.91. The van der Waals surface area contributed by atoms with E-state index in [-0.39, 0.29) is 0 Å². The summed E-state index contributed by atoms with van der Waals surface area (Å²) in [7, 11) is 0. The quantitative estimate of drug-likeness (QED) is 0.920. The Morgan fingerprint density at radius 2 is 1.90 bits per heavy atom. The van der Waals surface area contributed by atoms with E-state index < -0.39 is 11.9 Å². The van der Waals surface area contributed by atoms with E-state index in [9.17, 15) is 9.90 Å².